The van der Waals surface area contributed by atoms with Crippen LogP contribution in [-0.2, 0) is 5.41 Å². The van der Waals surface area contributed by atoms with Gasteiger partial charge in [-0.25, -0.2) is 5.10 Å². The Morgan fingerprint density at radius 3 is 2.57 bits per heavy atom. The van der Waals surface area contributed by atoms with E-state index in [9.17, 15) is 4.79 Å². The Bertz CT molecular complexity index is 749. The molecule has 2 aromatic heterocycles. The molecule has 0 saturated carbocycles. The Morgan fingerprint density at radius 2 is 2.10 bits per heavy atom. The number of pyridine rings is 1. The second-order valence-electron chi connectivity index (χ2n) is 6.23. The van der Waals surface area contributed by atoms with Crippen LogP contribution in [0.2, 0.25) is 0 Å². The van der Waals surface area contributed by atoms with Crippen molar-refractivity contribution >= 4 is 12.2 Å². The molecule has 2 rings (SSSR count). The third kappa shape index (κ3) is 3.00. The predicted octanol–water partition coefficient (Wildman–Crippen LogP) is 3.83. The summed E-state index contributed by atoms with van der Waals surface area (Å²) in [5.41, 5.74) is 1.21. The minimum absolute atomic E-state index is 0.0953. The van der Waals surface area contributed by atoms with E-state index in [1.54, 1.807) is 6.07 Å². The number of nitrogens with one attached hydrogen (secondary N) is 1. The van der Waals surface area contributed by atoms with E-state index in [0.29, 0.717) is 5.56 Å². The number of nitrogens with zero attached hydrogens (tertiary/aromatic N) is 2. The van der Waals surface area contributed by atoms with Crippen molar-refractivity contribution in [1.82, 2.24) is 14.8 Å². The van der Waals surface area contributed by atoms with Gasteiger partial charge in [-0.3, -0.25) is 4.79 Å². The molecule has 0 aromatic carbocycles. The van der Waals surface area contributed by atoms with Gasteiger partial charge in [-0.15, -0.1) is 5.10 Å². The first-order valence-electron chi connectivity index (χ1n) is 7.07. The summed E-state index contributed by atoms with van der Waals surface area (Å²) in [4.78, 5) is 13.0. The molecule has 0 spiro atoms. The van der Waals surface area contributed by atoms with Crippen LogP contribution in [0, 0.1) is 4.84 Å². The number of aromatic nitrogens is 3. The Balaban J connectivity index is 2.74. The van der Waals surface area contributed by atoms with Crippen molar-refractivity contribution in [2.24, 2.45) is 0 Å². The zero-order valence-electron chi connectivity index (χ0n) is 13.1. The van der Waals surface area contributed by atoms with Crippen molar-refractivity contribution in [3.63, 3.8) is 0 Å². The first kappa shape index (κ1) is 15.7. The molecule has 1 atom stereocenters. The van der Waals surface area contributed by atoms with Crippen molar-refractivity contribution in [3.05, 3.63) is 33.0 Å². The number of hydrogen-bond donors (Lipinski definition) is 1. The lowest BCUT2D eigenvalue weighted by Gasteiger charge is -2.27. The Labute approximate surface area is 129 Å². The zero-order valence-corrected chi connectivity index (χ0v) is 13.9. The summed E-state index contributed by atoms with van der Waals surface area (Å²) in [5, 5.41) is 6.51. The van der Waals surface area contributed by atoms with Gasteiger partial charge in [0.1, 0.15) is 5.56 Å². The molecular formula is C15H21N3O2S. The third-order valence-corrected chi connectivity index (χ3v) is 3.76. The van der Waals surface area contributed by atoms with Crippen molar-refractivity contribution in [3.8, 4) is 11.5 Å². The molecule has 2 aromatic rings. The predicted molar refractivity (Wildman–Crippen MR) is 85.1 cm³/mol. The average Bonchev–Trinajstić information content (AvgIpc) is 2.82. The Hall–Kier alpha value is -1.69. The minimum Gasteiger partial charge on any atom is -0.409 e. The molecule has 0 fully saturated rings. The molecule has 21 heavy (non-hydrogen) atoms. The van der Waals surface area contributed by atoms with Crippen LogP contribution in [0.4, 0.5) is 0 Å². The van der Waals surface area contributed by atoms with E-state index >= 15 is 0 Å². The molecule has 2 heterocycles. The quantitative estimate of drug-likeness (QED) is 0.875. The fourth-order valence-electron chi connectivity index (χ4n) is 2.29. The van der Waals surface area contributed by atoms with Crippen LogP contribution >= 0.6 is 12.2 Å². The molecule has 0 amide bonds. The van der Waals surface area contributed by atoms with Gasteiger partial charge in [-0.05, 0) is 37.7 Å². The lowest BCUT2D eigenvalue weighted by molar-refractivity contribution is 0.438. The van der Waals surface area contributed by atoms with Gasteiger partial charge in [0.2, 0.25) is 0 Å². The normalized spacial score (nSPS) is 13.4. The van der Waals surface area contributed by atoms with Gasteiger partial charge < -0.3 is 8.98 Å². The van der Waals surface area contributed by atoms with E-state index in [0.717, 1.165) is 12.1 Å². The van der Waals surface area contributed by atoms with Gasteiger partial charge in [-0.2, -0.15) is 0 Å². The van der Waals surface area contributed by atoms with Crippen LogP contribution in [0.25, 0.3) is 11.5 Å². The minimum atomic E-state index is -0.118. The molecule has 5 nitrogen and oxygen atoms in total. The molecule has 0 radical (unpaired) electrons. The van der Waals surface area contributed by atoms with Crippen LogP contribution in [0.15, 0.2) is 21.3 Å². The fraction of sp³-hybridized carbons (Fsp3) is 0.533. The Morgan fingerprint density at radius 1 is 1.43 bits per heavy atom. The largest absolute Gasteiger partial charge is 0.409 e. The van der Waals surface area contributed by atoms with E-state index in [1.165, 1.54) is 0 Å². The van der Waals surface area contributed by atoms with Crippen LogP contribution in [0.1, 0.15) is 52.8 Å². The topological polar surface area (TPSA) is 63.8 Å². The maximum Gasteiger partial charge on any atom is 0.284 e. The SMILES string of the molecule is CCC(C)n1c(C(C)(C)C)ccc(-c2n[nH]c(=S)o2)c1=O. The van der Waals surface area contributed by atoms with E-state index < -0.39 is 0 Å². The summed E-state index contributed by atoms with van der Waals surface area (Å²) in [6, 6.07) is 3.83. The number of aromatic amines is 1. The summed E-state index contributed by atoms with van der Waals surface area (Å²) in [6.45, 7) is 10.4. The molecule has 6 heteroatoms. The molecule has 0 aliphatic heterocycles. The van der Waals surface area contributed by atoms with E-state index in [-0.39, 0.29) is 27.7 Å². The third-order valence-electron chi connectivity index (χ3n) is 3.59. The molecule has 114 valence electrons. The van der Waals surface area contributed by atoms with Crippen LogP contribution in [-0.4, -0.2) is 14.8 Å². The van der Waals surface area contributed by atoms with Crippen molar-refractivity contribution in [2.45, 2.75) is 52.5 Å². The lowest BCUT2D eigenvalue weighted by atomic mass is 9.90. The van der Waals surface area contributed by atoms with Gasteiger partial charge in [0.25, 0.3) is 16.3 Å². The van der Waals surface area contributed by atoms with Crippen LogP contribution in [0.5, 0.6) is 0 Å². The summed E-state index contributed by atoms with van der Waals surface area (Å²) in [5.74, 6) is 0.238. The van der Waals surface area contributed by atoms with Crippen molar-refractivity contribution in [2.75, 3.05) is 0 Å². The van der Waals surface area contributed by atoms with Crippen molar-refractivity contribution < 1.29 is 4.42 Å². The molecule has 1 unspecified atom stereocenters. The lowest BCUT2D eigenvalue weighted by Crippen LogP contribution is -2.32. The highest BCUT2D eigenvalue weighted by molar-refractivity contribution is 7.71. The van der Waals surface area contributed by atoms with E-state index in [4.69, 9.17) is 16.6 Å². The Kier molecular flexibility index (Phi) is 4.18. The smallest absolute Gasteiger partial charge is 0.284 e. The number of hydrogen-bond acceptors (Lipinski definition) is 4. The summed E-state index contributed by atoms with van der Waals surface area (Å²) in [6.07, 6.45) is 0.871. The molecule has 1 N–H and O–H groups in total. The maximum absolute atomic E-state index is 12.9. The summed E-state index contributed by atoms with van der Waals surface area (Å²) in [7, 11) is 0. The van der Waals surface area contributed by atoms with Crippen molar-refractivity contribution in [1.29, 1.82) is 0 Å². The highest BCUT2D eigenvalue weighted by atomic mass is 32.1. The first-order valence-corrected chi connectivity index (χ1v) is 7.48. The fourth-order valence-corrected chi connectivity index (χ4v) is 2.42. The van der Waals surface area contributed by atoms with E-state index in [1.807, 2.05) is 17.6 Å². The second-order valence-corrected chi connectivity index (χ2v) is 6.60. The highest BCUT2D eigenvalue weighted by Crippen LogP contribution is 2.26. The second kappa shape index (κ2) is 5.60. The average molecular weight is 307 g/mol. The molecule has 0 bridgehead atoms. The van der Waals surface area contributed by atoms with Gasteiger partial charge in [0.15, 0.2) is 0 Å². The van der Waals surface area contributed by atoms with Crippen LogP contribution < -0.4 is 5.56 Å². The van der Waals surface area contributed by atoms with Gasteiger partial charge >= 0.3 is 0 Å². The monoisotopic (exact) mass is 307 g/mol. The summed E-state index contributed by atoms with van der Waals surface area (Å²) < 4.78 is 7.11. The van der Waals surface area contributed by atoms with Gasteiger partial charge in [0.05, 0.1) is 0 Å². The molecular weight excluding hydrogens is 286 g/mol. The number of rotatable bonds is 3. The van der Waals surface area contributed by atoms with Gasteiger partial charge in [0, 0.05) is 17.2 Å². The van der Waals surface area contributed by atoms with Gasteiger partial charge in [-0.1, -0.05) is 27.7 Å². The molecule has 0 aliphatic rings. The number of H-pyrrole nitrogens is 1. The molecule has 0 aliphatic carbocycles. The summed E-state index contributed by atoms with van der Waals surface area (Å²) >= 11 is 4.87. The maximum atomic E-state index is 12.9. The highest BCUT2D eigenvalue weighted by Gasteiger charge is 2.24. The zero-order chi connectivity index (χ0) is 15.8. The molecule has 0 saturated heterocycles. The standard InChI is InChI=1S/C15H21N3O2S/c1-6-9(2)18-11(15(3,4)5)8-7-10(13(18)19)12-16-17-14(21)20-12/h7-9H,6H2,1-5H3,(H,17,21). The first-order chi connectivity index (χ1) is 9.75. The van der Waals surface area contributed by atoms with E-state index in [2.05, 4.69) is 37.9 Å². The van der Waals surface area contributed by atoms with Crippen LogP contribution in [0.3, 0.4) is 0 Å².